The van der Waals surface area contributed by atoms with E-state index in [1.54, 1.807) is 0 Å². The van der Waals surface area contributed by atoms with Crippen LogP contribution >= 0.6 is 0 Å². The van der Waals surface area contributed by atoms with Crippen molar-refractivity contribution in [3.63, 3.8) is 0 Å². The fourth-order valence-electron chi connectivity index (χ4n) is 2.40. The van der Waals surface area contributed by atoms with E-state index < -0.39 is 74.3 Å². The Hall–Kier alpha value is -1.32. The van der Waals surface area contributed by atoms with Crippen LogP contribution in [0.5, 0.6) is 0 Å². The van der Waals surface area contributed by atoms with Gasteiger partial charge < -0.3 is 4.48 Å². The van der Waals surface area contributed by atoms with E-state index in [1.165, 1.54) is 21.1 Å². The Labute approximate surface area is 197 Å². The van der Waals surface area contributed by atoms with E-state index in [1.807, 2.05) is 0 Å². The molecule has 0 bridgehead atoms. The molecule has 0 atom stereocenters. The summed E-state index contributed by atoms with van der Waals surface area (Å²) >= 11 is 0. The highest BCUT2D eigenvalue weighted by Gasteiger charge is 2.96. The second-order valence-corrected chi connectivity index (χ2v) is 10.7. The van der Waals surface area contributed by atoms with Crippen molar-refractivity contribution >= 4 is 10.0 Å². The summed E-state index contributed by atoms with van der Waals surface area (Å²) in [6.45, 7) is -1.30. The molecule has 0 aromatic carbocycles. The number of sulfonamides is 1. The zero-order chi connectivity index (χ0) is 30.7. The summed E-state index contributed by atoms with van der Waals surface area (Å²) in [6.07, 6.45) is -8.35. The van der Waals surface area contributed by atoms with Crippen LogP contribution in [0.2, 0.25) is 0 Å². The first-order chi connectivity index (χ1) is 15.6. The van der Waals surface area contributed by atoms with Gasteiger partial charge in [-0.25, -0.2) is 8.42 Å². The first kappa shape index (κ1) is 35.7. The predicted molar refractivity (Wildman–Crippen MR) is 89.8 cm³/mol. The van der Waals surface area contributed by atoms with Crippen molar-refractivity contribution < 1.29 is 87.5 Å². The molecule has 4 nitrogen and oxygen atoms in total. The Balaban J connectivity index is 6.71. The summed E-state index contributed by atoms with van der Waals surface area (Å²) in [4.78, 5) is 0. The minimum atomic E-state index is -8.83. The molecule has 0 aliphatic carbocycles. The summed E-state index contributed by atoms with van der Waals surface area (Å²) in [5.74, 6) is -51.5. The van der Waals surface area contributed by atoms with Crippen molar-refractivity contribution in [2.75, 3.05) is 41.3 Å². The SMILES string of the molecule is CN(CCC[N+](C)(C)C)S(=O)(=O)C(F)(F)C(F)(F)C(F)(F)C(F)(F)C(F)(F)C(F)(F)C(F)(F)C(F)(F)F. The Bertz CT molecular complexity index is 922. The van der Waals surface area contributed by atoms with E-state index in [0.717, 1.165) is 0 Å². The molecule has 224 valence electrons. The van der Waals surface area contributed by atoms with E-state index in [9.17, 15) is 83.1 Å². The highest BCUT2D eigenvalue weighted by molar-refractivity contribution is 7.90. The fraction of sp³-hybridized carbons (Fsp3) is 1.00. The maximum Gasteiger partial charge on any atom is 0.460 e. The average Bonchev–Trinajstić information content (AvgIpc) is 2.64. The Kier molecular flexibility index (Phi) is 9.07. The third kappa shape index (κ3) is 5.29. The van der Waals surface area contributed by atoms with Crippen LogP contribution in [0, 0.1) is 0 Å². The maximum absolute atomic E-state index is 14.1. The lowest BCUT2D eigenvalue weighted by atomic mass is 9.91. The molecule has 0 heterocycles. The fourth-order valence-corrected chi connectivity index (χ4v) is 3.61. The number of quaternary nitrogens is 1. The summed E-state index contributed by atoms with van der Waals surface area (Å²) in [7, 11) is -2.87. The van der Waals surface area contributed by atoms with E-state index in [2.05, 4.69) is 0 Å². The van der Waals surface area contributed by atoms with E-state index in [0.29, 0.717) is 0 Å². The van der Waals surface area contributed by atoms with Crippen molar-refractivity contribution in [2.45, 2.75) is 53.4 Å². The van der Waals surface area contributed by atoms with Crippen LogP contribution in [0.15, 0.2) is 0 Å². The number of alkyl halides is 17. The highest BCUT2D eigenvalue weighted by Crippen LogP contribution is 2.64. The largest absolute Gasteiger partial charge is 0.460 e. The zero-order valence-electron chi connectivity index (χ0n) is 18.7. The molecular weight excluding hydrogens is 595 g/mol. The van der Waals surface area contributed by atoms with Gasteiger partial charge in [0.25, 0.3) is 10.0 Å². The minimum absolute atomic E-state index is 0.0173. The molecule has 0 N–H and O–H groups in total. The molecule has 0 aromatic heterocycles. The van der Waals surface area contributed by atoms with E-state index in [4.69, 9.17) is 0 Å². The second-order valence-electron chi connectivity index (χ2n) is 8.65. The predicted octanol–water partition coefficient (Wildman–Crippen LogP) is 5.31. The molecule has 0 saturated heterocycles. The quantitative estimate of drug-likeness (QED) is 0.221. The normalized spacial score (nSPS) is 16.5. The molecule has 22 heteroatoms. The molecule has 37 heavy (non-hydrogen) atoms. The standard InChI is InChI=1S/C15H18F17N2O2S/c1-33(6-5-7-34(2,3)4)37(35,36)15(31,32)13(26,27)11(22,23)9(18,19)8(16,17)10(20,21)12(24,25)14(28,29)30/h5-7H2,1-4H3/q+1. The molecule has 0 fully saturated rings. The lowest BCUT2D eigenvalue weighted by molar-refractivity contribution is -0.870. The Morgan fingerprint density at radius 2 is 0.865 bits per heavy atom. The van der Waals surface area contributed by atoms with Gasteiger partial charge in [0, 0.05) is 20.0 Å². The molecule has 0 radical (unpaired) electrons. The number of hydrogen-bond donors (Lipinski definition) is 0. The summed E-state index contributed by atoms with van der Waals surface area (Å²) in [6, 6.07) is 0. The molecule has 0 saturated carbocycles. The van der Waals surface area contributed by atoms with Gasteiger partial charge in [0.2, 0.25) is 0 Å². The highest BCUT2D eigenvalue weighted by atomic mass is 32.2. The third-order valence-electron chi connectivity index (χ3n) is 4.73. The molecule has 0 spiro atoms. The topological polar surface area (TPSA) is 37.4 Å². The Morgan fingerprint density at radius 1 is 0.568 bits per heavy atom. The van der Waals surface area contributed by atoms with Gasteiger partial charge in [0.15, 0.2) is 0 Å². The van der Waals surface area contributed by atoms with Crippen LogP contribution in [0.1, 0.15) is 6.42 Å². The lowest BCUT2D eigenvalue weighted by Crippen LogP contribution is -2.75. The van der Waals surface area contributed by atoms with Crippen molar-refractivity contribution in [1.29, 1.82) is 0 Å². The molecule has 0 unspecified atom stereocenters. The van der Waals surface area contributed by atoms with Crippen LogP contribution in [-0.4, -0.2) is 105 Å². The Morgan fingerprint density at radius 3 is 1.16 bits per heavy atom. The zero-order valence-corrected chi connectivity index (χ0v) is 19.5. The van der Waals surface area contributed by atoms with Crippen molar-refractivity contribution in [2.24, 2.45) is 0 Å². The van der Waals surface area contributed by atoms with Gasteiger partial charge in [-0.3, -0.25) is 0 Å². The van der Waals surface area contributed by atoms with Crippen LogP contribution in [-0.2, 0) is 10.0 Å². The summed E-state index contributed by atoms with van der Waals surface area (Å²) < 4.78 is 248. The molecule has 0 aromatic rings. The van der Waals surface area contributed by atoms with E-state index >= 15 is 0 Å². The van der Waals surface area contributed by atoms with Gasteiger partial charge in [0.1, 0.15) is 0 Å². The number of nitrogens with zero attached hydrogens (tertiary/aromatic N) is 2. The van der Waals surface area contributed by atoms with Crippen LogP contribution in [0.4, 0.5) is 74.6 Å². The minimum Gasteiger partial charge on any atom is -0.331 e. The van der Waals surface area contributed by atoms with Crippen LogP contribution in [0.25, 0.3) is 0 Å². The second kappa shape index (κ2) is 9.40. The molecule has 0 aliphatic heterocycles. The van der Waals surface area contributed by atoms with Crippen molar-refractivity contribution in [1.82, 2.24) is 4.31 Å². The van der Waals surface area contributed by atoms with Gasteiger partial charge in [-0.15, -0.1) is 0 Å². The van der Waals surface area contributed by atoms with Gasteiger partial charge in [-0.2, -0.15) is 78.9 Å². The molecule has 0 aliphatic rings. The van der Waals surface area contributed by atoms with Gasteiger partial charge >= 0.3 is 47.0 Å². The van der Waals surface area contributed by atoms with Crippen molar-refractivity contribution in [3.8, 4) is 0 Å². The number of halogens is 17. The smallest absolute Gasteiger partial charge is 0.331 e. The van der Waals surface area contributed by atoms with Crippen LogP contribution in [0.3, 0.4) is 0 Å². The van der Waals surface area contributed by atoms with Gasteiger partial charge in [0.05, 0.1) is 27.7 Å². The number of rotatable bonds is 12. The van der Waals surface area contributed by atoms with Crippen LogP contribution < -0.4 is 0 Å². The average molecular weight is 613 g/mol. The molecular formula is C15H18F17N2O2S+. The number of hydrogen-bond acceptors (Lipinski definition) is 2. The monoisotopic (exact) mass is 613 g/mol. The summed E-state index contributed by atoms with van der Waals surface area (Å²) in [5.41, 5.74) is 0. The van der Waals surface area contributed by atoms with Gasteiger partial charge in [-0.1, -0.05) is 0 Å². The molecule has 0 rings (SSSR count). The third-order valence-corrected chi connectivity index (χ3v) is 6.64. The van der Waals surface area contributed by atoms with Crippen molar-refractivity contribution in [3.05, 3.63) is 0 Å². The van der Waals surface area contributed by atoms with E-state index in [-0.39, 0.29) is 18.1 Å². The first-order valence-electron chi connectivity index (χ1n) is 9.10. The summed E-state index contributed by atoms with van der Waals surface area (Å²) in [5, 5.41) is -7.52. The maximum atomic E-state index is 14.1. The van der Waals surface area contributed by atoms with Gasteiger partial charge in [-0.05, 0) is 0 Å². The molecule has 0 amide bonds. The lowest BCUT2D eigenvalue weighted by Gasteiger charge is -2.42. The first-order valence-corrected chi connectivity index (χ1v) is 10.5.